The van der Waals surface area contributed by atoms with E-state index in [2.05, 4.69) is 10.3 Å². The highest BCUT2D eigenvalue weighted by molar-refractivity contribution is 8.18. The maximum atomic E-state index is 12.0. The number of nitrogens with one attached hydrogen (secondary N) is 1. The lowest BCUT2D eigenvalue weighted by atomic mass is 10.2. The molecule has 1 amide bonds. The zero-order valence-electron chi connectivity index (χ0n) is 11.2. The zero-order valence-corrected chi connectivity index (χ0v) is 13.5. The Hall–Kier alpha value is -1.75. The molecule has 1 saturated heterocycles. The van der Waals surface area contributed by atoms with Crippen LogP contribution in [0.2, 0.25) is 10.0 Å². The van der Waals surface area contributed by atoms with Crippen LogP contribution in [-0.4, -0.2) is 11.1 Å². The van der Waals surface area contributed by atoms with Gasteiger partial charge in [0, 0.05) is 10.0 Å². The zero-order chi connectivity index (χ0) is 15.5. The Bertz CT molecular complexity index is 788. The topological polar surface area (TPSA) is 41.5 Å². The molecule has 2 aromatic carbocycles. The fourth-order valence-corrected chi connectivity index (χ4v) is 3.16. The van der Waals surface area contributed by atoms with E-state index in [1.54, 1.807) is 24.3 Å². The van der Waals surface area contributed by atoms with Crippen molar-refractivity contribution in [2.24, 2.45) is 4.99 Å². The molecular weight excluding hydrogens is 339 g/mol. The number of hydrogen-bond donors (Lipinski definition) is 1. The van der Waals surface area contributed by atoms with Gasteiger partial charge in [0.05, 0.1) is 10.6 Å². The number of aliphatic imine (C=N–C) groups is 1. The number of rotatable bonds is 2. The molecule has 0 aromatic heterocycles. The normalized spacial score (nSPS) is 18.0. The summed E-state index contributed by atoms with van der Waals surface area (Å²) in [5.74, 6) is -0.189. The van der Waals surface area contributed by atoms with Crippen LogP contribution in [0.1, 0.15) is 5.56 Å². The first-order chi connectivity index (χ1) is 10.6. The molecule has 6 heteroatoms. The van der Waals surface area contributed by atoms with E-state index in [0.29, 0.717) is 20.1 Å². The highest BCUT2D eigenvalue weighted by Gasteiger charge is 2.24. The van der Waals surface area contributed by atoms with E-state index in [-0.39, 0.29) is 5.91 Å². The predicted molar refractivity (Wildman–Crippen MR) is 93.7 cm³/mol. The van der Waals surface area contributed by atoms with Gasteiger partial charge < -0.3 is 5.32 Å². The molecular formula is C16H10Cl2N2OS. The number of carbonyl (C=O) groups excluding carboxylic acids is 1. The maximum absolute atomic E-state index is 12.0. The molecule has 110 valence electrons. The van der Waals surface area contributed by atoms with E-state index in [9.17, 15) is 4.79 Å². The number of amidine groups is 1. The van der Waals surface area contributed by atoms with Crippen molar-refractivity contribution in [3.63, 3.8) is 0 Å². The Morgan fingerprint density at radius 3 is 2.59 bits per heavy atom. The second-order valence-electron chi connectivity index (χ2n) is 4.48. The van der Waals surface area contributed by atoms with Gasteiger partial charge >= 0.3 is 0 Å². The molecule has 1 aliphatic rings. The molecule has 2 aromatic rings. The van der Waals surface area contributed by atoms with Crippen molar-refractivity contribution in [2.75, 3.05) is 0 Å². The Morgan fingerprint density at radius 2 is 1.86 bits per heavy atom. The summed E-state index contributed by atoms with van der Waals surface area (Å²) >= 11 is 13.3. The van der Waals surface area contributed by atoms with Crippen LogP contribution in [-0.2, 0) is 4.79 Å². The number of para-hydroxylation sites is 1. The summed E-state index contributed by atoms with van der Waals surface area (Å²) in [5.41, 5.74) is 1.53. The highest BCUT2D eigenvalue weighted by atomic mass is 35.5. The van der Waals surface area contributed by atoms with Crippen LogP contribution in [0.5, 0.6) is 0 Å². The second kappa shape index (κ2) is 6.57. The van der Waals surface area contributed by atoms with Crippen LogP contribution >= 0.6 is 35.0 Å². The summed E-state index contributed by atoms with van der Waals surface area (Å²) in [6.45, 7) is 0. The van der Waals surface area contributed by atoms with Gasteiger partial charge in [-0.3, -0.25) is 4.79 Å². The minimum Gasteiger partial charge on any atom is -0.300 e. The molecule has 0 spiro atoms. The van der Waals surface area contributed by atoms with E-state index in [4.69, 9.17) is 23.2 Å². The summed E-state index contributed by atoms with van der Waals surface area (Å²) in [6.07, 6.45) is 1.73. The summed E-state index contributed by atoms with van der Waals surface area (Å²) in [7, 11) is 0. The maximum Gasteiger partial charge on any atom is 0.264 e. The highest BCUT2D eigenvalue weighted by Crippen LogP contribution is 2.30. The minimum atomic E-state index is -0.189. The average molecular weight is 349 g/mol. The Balaban J connectivity index is 1.86. The molecule has 0 unspecified atom stereocenters. The third-order valence-corrected chi connectivity index (χ3v) is 4.36. The Labute approximate surface area is 142 Å². The van der Waals surface area contributed by atoms with Crippen molar-refractivity contribution >= 4 is 57.8 Å². The van der Waals surface area contributed by atoms with Crippen LogP contribution in [0.3, 0.4) is 0 Å². The first-order valence-electron chi connectivity index (χ1n) is 6.41. The van der Waals surface area contributed by atoms with Crippen LogP contribution in [0, 0.1) is 0 Å². The van der Waals surface area contributed by atoms with Crippen molar-refractivity contribution in [3.8, 4) is 0 Å². The van der Waals surface area contributed by atoms with Gasteiger partial charge in [0.15, 0.2) is 5.17 Å². The fourth-order valence-electron chi connectivity index (χ4n) is 1.86. The van der Waals surface area contributed by atoms with Crippen molar-refractivity contribution in [2.45, 2.75) is 0 Å². The molecule has 1 heterocycles. The second-order valence-corrected chi connectivity index (χ2v) is 6.36. The molecule has 0 radical (unpaired) electrons. The third-order valence-electron chi connectivity index (χ3n) is 2.89. The number of halogens is 2. The van der Waals surface area contributed by atoms with Crippen LogP contribution in [0.25, 0.3) is 6.08 Å². The largest absolute Gasteiger partial charge is 0.300 e. The number of carbonyl (C=O) groups is 1. The Morgan fingerprint density at radius 1 is 1.09 bits per heavy atom. The lowest BCUT2D eigenvalue weighted by Gasteiger charge is -1.99. The van der Waals surface area contributed by atoms with Gasteiger partial charge in [-0.05, 0) is 47.7 Å². The van der Waals surface area contributed by atoms with E-state index >= 15 is 0 Å². The molecule has 0 atom stereocenters. The van der Waals surface area contributed by atoms with Crippen LogP contribution in [0.4, 0.5) is 5.69 Å². The molecule has 1 N–H and O–H groups in total. The molecule has 3 nitrogen and oxygen atoms in total. The van der Waals surface area contributed by atoms with Crippen LogP contribution in [0.15, 0.2) is 58.4 Å². The van der Waals surface area contributed by atoms with Gasteiger partial charge in [-0.2, -0.15) is 0 Å². The monoisotopic (exact) mass is 348 g/mol. The van der Waals surface area contributed by atoms with E-state index in [1.165, 1.54) is 11.8 Å². The van der Waals surface area contributed by atoms with Crippen molar-refractivity contribution < 1.29 is 4.79 Å². The standard InChI is InChI=1S/C16H10Cl2N2OS/c17-11-7-6-10(13(18)9-11)8-14-15(21)20-16(22-14)19-12-4-2-1-3-5-12/h1-9H,(H,19,20,21)/b14-8+. The smallest absolute Gasteiger partial charge is 0.264 e. The lowest BCUT2D eigenvalue weighted by molar-refractivity contribution is -0.115. The lowest BCUT2D eigenvalue weighted by Crippen LogP contribution is -2.19. The van der Waals surface area contributed by atoms with E-state index in [1.807, 2.05) is 30.3 Å². The summed E-state index contributed by atoms with van der Waals surface area (Å²) in [4.78, 5) is 16.9. The molecule has 22 heavy (non-hydrogen) atoms. The van der Waals surface area contributed by atoms with Crippen molar-refractivity contribution in [1.82, 2.24) is 5.32 Å². The number of amides is 1. The van der Waals surface area contributed by atoms with Gasteiger partial charge in [-0.1, -0.05) is 47.5 Å². The van der Waals surface area contributed by atoms with Gasteiger partial charge in [0.1, 0.15) is 0 Å². The number of benzene rings is 2. The average Bonchev–Trinajstić information content (AvgIpc) is 2.83. The van der Waals surface area contributed by atoms with E-state index < -0.39 is 0 Å². The van der Waals surface area contributed by atoms with Gasteiger partial charge in [-0.15, -0.1) is 0 Å². The molecule has 0 bridgehead atoms. The van der Waals surface area contributed by atoms with Gasteiger partial charge in [-0.25, -0.2) is 4.99 Å². The molecule has 1 aliphatic heterocycles. The van der Waals surface area contributed by atoms with Crippen molar-refractivity contribution in [1.29, 1.82) is 0 Å². The molecule has 0 saturated carbocycles. The quantitative estimate of drug-likeness (QED) is 0.785. The summed E-state index contributed by atoms with van der Waals surface area (Å²) < 4.78 is 0. The van der Waals surface area contributed by atoms with Crippen LogP contribution < -0.4 is 5.32 Å². The number of hydrogen-bond acceptors (Lipinski definition) is 3. The molecule has 1 fully saturated rings. The van der Waals surface area contributed by atoms with E-state index in [0.717, 1.165) is 11.3 Å². The fraction of sp³-hybridized carbons (Fsp3) is 0. The first-order valence-corrected chi connectivity index (χ1v) is 7.99. The summed E-state index contributed by atoms with van der Waals surface area (Å²) in [6, 6.07) is 14.6. The predicted octanol–water partition coefficient (Wildman–Crippen LogP) is 4.89. The summed E-state index contributed by atoms with van der Waals surface area (Å²) in [5, 5.41) is 4.35. The number of thioether (sulfide) groups is 1. The van der Waals surface area contributed by atoms with Gasteiger partial charge in [0.25, 0.3) is 5.91 Å². The minimum absolute atomic E-state index is 0.189. The Kier molecular flexibility index (Phi) is 4.52. The third kappa shape index (κ3) is 3.53. The molecule has 0 aliphatic carbocycles. The number of nitrogens with zero attached hydrogens (tertiary/aromatic N) is 1. The first kappa shape index (κ1) is 15.2. The SMILES string of the molecule is O=C1NC(=Nc2ccccc2)S/C1=C/c1ccc(Cl)cc1Cl. The van der Waals surface area contributed by atoms with Gasteiger partial charge in [0.2, 0.25) is 0 Å². The molecule has 3 rings (SSSR count). The van der Waals surface area contributed by atoms with Crippen molar-refractivity contribution in [3.05, 3.63) is 69.0 Å².